The molecule has 0 spiro atoms. The van der Waals surface area contributed by atoms with Gasteiger partial charge in [-0.2, -0.15) is 0 Å². The monoisotopic (exact) mass is 486 g/mol. The number of aryl methyl sites for hydroxylation is 2. The molecule has 1 saturated heterocycles. The van der Waals surface area contributed by atoms with Gasteiger partial charge >= 0.3 is 0 Å². The van der Waals surface area contributed by atoms with Crippen molar-refractivity contribution in [2.45, 2.75) is 44.5 Å². The smallest absolute Gasteiger partial charge is 0.234 e. The Morgan fingerprint density at radius 3 is 2.73 bits per heavy atom. The molecular formula is C24H27ClN4O3S. The maximum atomic E-state index is 12.7. The van der Waals surface area contributed by atoms with E-state index in [4.69, 9.17) is 21.1 Å². The summed E-state index contributed by atoms with van der Waals surface area (Å²) < 4.78 is 13.2. The minimum atomic E-state index is -0.147. The molecule has 1 fully saturated rings. The lowest BCUT2D eigenvalue weighted by molar-refractivity contribution is -0.113. The average molecular weight is 487 g/mol. The number of benzene rings is 2. The van der Waals surface area contributed by atoms with Crippen LogP contribution in [0.1, 0.15) is 24.0 Å². The quantitative estimate of drug-likeness (QED) is 0.444. The predicted molar refractivity (Wildman–Crippen MR) is 131 cm³/mol. The van der Waals surface area contributed by atoms with Crippen LogP contribution in [0.3, 0.4) is 0 Å². The molecule has 4 rings (SSSR count). The van der Waals surface area contributed by atoms with Gasteiger partial charge in [0, 0.05) is 12.2 Å². The fraction of sp³-hybridized carbons (Fsp3) is 0.375. The molecule has 174 valence electrons. The summed E-state index contributed by atoms with van der Waals surface area (Å²) >= 11 is 7.69. The van der Waals surface area contributed by atoms with Gasteiger partial charge in [0.1, 0.15) is 5.75 Å². The first-order valence-corrected chi connectivity index (χ1v) is 12.2. The van der Waals surface area contributed by atoms with Gasteiger partial charge in [-0.05, 0) is 68.1 Å². The summed E-state index contributed by atoms with van der Waals surface area (Å²) in [7, 11) is 1.64. The molecule has 1 aliphatic heterocycles. The third-order valence-corrected chi connectivity index (χ3v) is 6.77. The first-order valence-electron chi connectivity index (χ1n) is 10.8. The highest BCUT2D eigenvalue weighted by Gasteiger charge is 2.22. The van der Waals surface area contributed by atoms with Crippen molar-refractivity contribution in [3.8, 4) is 17.1 Å². The highest BCUT2D eigenvalue weighted by atomic mass is 35.5. The lowest BCUT2D eigenvalue weighted by Gasteiger charge is -2.15. The lowest BCUT2D eigenvalue weighted by atomic mass is 10.1. The van der Waals surface area contributed by atoms with Gasteiger partial charge < -0.3 is 14.8 Å². The van der Waals surface area contributed by atoms with E-state index in [9.17, 15) is 4.79 Å². The zero-order valence-corrected chi connectivity index (χ0v) is 20.5. The van der Waals surface area contributed by atoms with E-state index in [1.807, 2.05) is 54.8 Å². The molecule has 1 aromatic heterocycles. The number of ether oxygens (including phenoxy) is 2. The minimum Gasteiger partial charge on any atom is -0.497 e. The number of rotatable bonds is 8. The van der Waals surface area contributed by atoms with E-state index in [0.717, 1.165) is 47.7 Å². The molecular weight excluding hydrogens is 460 g/mol. The van der Waals surface area contributed by atoms with Crippen LogP contribution in [0.25, 0.3) is 11.4 Å². The highest BCUT2D eigenvalue weighted by molar-refractivity contribution is 7.99. The summed E-state index contributed by atoms with van der Waals surface area (Å²) in [5.74, 6) is 1.57. The van der Waals surface area contributed by atoms with Crippen LogP contribution in [-0.4, -0.2) is 46.2 Å². The van der Waals surface area contributed by atoms with Crippen LogP contribution < -0.4 is 10.1 Å². The highest BCUT2D eigenvalue weighted by Crippen LogP contribution is 2.30. The van der Waals surface area contributed by atoms with Crippen molar-refractivity contribution in [2.24, 2.45) is 0 Å². The summed E-state index contributed by atoms with van der Waals surface area (Å²) in [6.07, 6.45) is 2.16. The van der Waals surface area contributed by atoms with Crippen LogP contribution in [0.5, 0.6) is 5.75 Å². The van der Waals surface area contributed by atoms with E-state index < -0.39 is 0 Å². The van der Waals surface area contributed by atoms with Crippen LogP contribution >= 0.6 is 23.4 Å². The predicted octanol–water partition coefficient (Wildman–Crippen LogP) is 5.13. The largest absolute Gasteiger partial charge is 0.497 e. The second kappa shape index (κ2) is 10.6. The zero-order chi connectivity index (χ0) is 23.4. The average Bonchev–Trinajstić information content (AvgIpc) is 3.45. The molecule has 1 N–H and O–H groups in total. The van der Waals surface area contributed by atoms with Gasteiger partial charge in [-0.3, -0.25) is 9.36 Å². The van der Waals surface area contributed by atoms with Crippen molar-refractivity contribution in [3.05, 3.63) is 52.5 Å². The Balaban J connectivity index is 1.51. The van der Waals surface area contributed by atoms with Crippen LogP contribution in [-0.2, 0) is 16.1 Å². The molecule has 9 heteroatoms. The molecule has 1 aliphatic rings. The number of nitrogens with zero attached hydrogens (tertiary/aromatic N) is 3. The lowest BCUT2D eigenvalue weighted by Crippen LogP contribution is -2.18. The van der Waals surface area contributed by atoms with Crippen molar-refractivity contribution in [1.82, 2.24) is 14.8 Å². The van der Waals surface area contributed by atoms with Gasteiger partial charge in [0.05, 0.1) is 36.2 Å². The summed E-state index contributed by atoms with van der Waals surface area (Å²) in [6.45, 7) is 5.32. The number of anilines is 1. The van der Waals surface area contributed by atoms with E-state index >= 15 is 0 Å². The Morgan fingerprint density at radius 1 is 1.27 bits per heavy atom. The fourth-order valence-corrected chi connectivity index (χ4v) is 5.00. The van der Waals surface area contributed by atoms with Crippen LogP contribution in [0, 0.1) is 13.8 Å². The van der Waals surface area contributed by atoms with Gasteiger partial charge in [0.15, 0.2) is 11.0 Å². The van der Waals surface area contributed by atoms with Gasteiger partial charge in [0.2, 0.25) is 5.91 Å². The SMILES string of the molecule is COc1ccc(-c2nnc(SCC(=O)Nc3c(C)cc(C)cc3Cl)n2C[C@@H]2CCCO2)cc1. The molecule has 0 radical (unpaired) electrons. The third-order valence-electron chi connectivity index (χ3n) is 5.50. The van der Waals surface area contributed by atoms with Gasteiger partial charge in [0.25, 0.3) is 0 Å². The summed E-state index contributed by atoms with van der Waals surface area (Å²) in [5, 5.41) is 13.0. The maximum Gasteiger partial charge on any atom is 0.234 e. The van der Waals surface area contributed by atoms with E-state index in [2.05, 4.69) is 15.5 Å². The van der Waals surface area contributed by atoms with Crippen LogP contribution in [0.2, 0.25) is 5.02 Å². The van der Waals surface area contributed by atoms with Gasteiger partial charge in [-0.15, -0.1) is 10.2 Å². The Morgan fingerprint density at radius 2 is 2.06 bits per heavy atom. The molecule has 2 aromatic carbocycles. The first-order chi connectivity index (χ1) is 15.9. The number of hydrogen-bond donors (Lipinski definition) is 1. The van der Waals surface area contributed by atoms with Crippen molar-refractivity contribution in [1.29, 1.82) is 0 Å². The zero-order valence-electron chi connectivity index (χ0n) is 18.9. The Kier molecular flexibility index (Phi) is 7.57. The number of amides is 1. The number of thioether (sulfide) groups is 1. The van der Waals surface area contributed by atoms with Crippen LogP contribution in [0.4, 0.5) is 5.69 Å². The molecule has 2 heterocycles. The number of methoxy groups -OCH3 is 1. The van der Waals surface area contributed by atoms with E-state index in [1.165, 1.54) is 11.8 Å². The number of carbonyl (C=O) groups excluding carboxylic acids is 1. The second-order valence-corrected chi connectivity index (χ2v) is 9.41. The number of hydrogen-bond acceptors (Lipinski definition) is 6. The molecule has 3 aromatic rings. The maximum absolute atomic E-state index is 12.7. The van der Waals surface area contributed by atoms with Crippen molar-refractivity contribution >= 4 is 35.0 Å². The Bertz CT molecular complexity index is 1100. The first kappa shape index (κ1) is 23.6. The number of aromatic nitrogens is 3. The molecule has 1 amide bonds. The summed E-state index contributed by atoms with van der Waals surface area (Å²) in [5.41, 5.74) is 3.56. The molecule has 1 atom stereocenters. The third kappa shape index (κ3) is 5.69. The Labute approximate surface area is 202 Å². The standard InChI is InChI=1S/C24H27ClN4O3S/c1-15-11-16(2)22(20(25)12-15)26-21(30)14-33-24-28-27-23(17-6-8-18(31-3)9-7-17)29(24)13-19-5-4-10-32-19/h6-9,11-12,19H,4-5,10,13-14H2,1-3H3,(H,26,30)/t19-/m0/s1. The van der Waals surface area contributed by atoms with Gasteiger partial charge in [-0.1, -0.05) is 29.4 Å². The fourth-order valence-electron chi connectivity index (χ4n) is 3.89. The molecule has 0 aliphatic carbocycles. The van der Waals surface area contributed by atoms with Gasteiger partial charge in [-0.25, -0.2) is 0 Å². The molecule has 0 saturated carbocycles. The van der Waals surface area contributed by atoms with Crippen molar-refractivity contribution < 1.29 is 14.3 Å². The van der Waals surface area contributed by atoms with E-state index in [-0.39, 0.29) is 17.8 Å². The summed E-state index contributed by atoms with van der Waals surface area (Å²) in [4.78, 5) is 12.7. The van der Waals surface area contributed by atoms with Crippen molar-refractivity contribution in [3.63, 3.8) is 0 Å². The van der Waals surface area contributed by atoms with E-state index in [1.54, 1.807) is 7.11 Å². The molecule has 7 nitrogen and oxygen atoms in total. The molecule has 33 heavy (non-hydrogen) atoms. The number of nitrogens with one attached hydrogen (secondary N) is 1. The van der Waals surface area contributed by atoms with Crippen molar-refractivity contribution in [2.75, 3.05) is 24.8 Å². The van der Waals surface area contributed by atoms with E-state index in [0.29, 0.717) is 22.4 Å². The second-order valence-electron chi connectivity index (χ2n) is 8.06. The van der Waals surface area contributed by atoms with Crippen LogP contribution in [0.15, 0.2) is 41.6 Å². The summed E-state index contributed by atoms with van der Waals surface area (Å²) in [6, 6.07) is 11.5. The molecule has 0 bridgehead atoms. The molecule has 0 unspecified atom stereocenters. The Hall–Kier alpha value is -2.55. The number of halogens is 1. The normalized spacial score (nSPS) is 15.6. The number of carbonyl (C=O) groups is 1. The minimum absolute atomic E-state index is 0.111. The topological polar surface area (TPSA) is 78.3 Å².